The zero-order valence-electron chi connectivity index (χ0n) is 17.2. The number of nitriles is 1. The first-order valence-electron chi connectivity index (χ1n) is 10.3. The smallest absolute Gasteiger partial charge is 0.124 e. The first-order valence-corrected chi connectivity index (χ1v) is 10.3. The predicted octanol–water partition coefficient (Wildman–Crippen LogP) is 4.68. The summed E-state index contributed by atoms with van der Waals surface area (Å²) in [4.78, 5) is 5.07. The molecule has 1 saturated heterocycles. The summed E-state index contributed by atoms with van der Waals surface area (Å²) in [6.07, 6.45) is 10.9. The van der Waals surface area contributed by atoms with Crippen LogP contribution >= 0.6 is 0 Å². The summed E-state index contributed by atoms with van der Waals surface area (Å²) >= 11 is 0. The molecule has 0 radical (unpaired) electrons. The zero-order chi connectivity index (χ0) is 20.8. The van der Waals surface area contributed by atoms with Crippen molar-refractivity contribution in [2.45, 2.75) is 24.8 Å². The molecule has 2 aromatic rings. The van der Waals surface area contributed by atoms with Crippen molar-refractivity contribution >= 4 is 11.4 Å². The van der Waals surface area contributed by atoms with Crippen LogP contribution in [0.25, 0.3) is 0 Å². The minimum Gasteiger partial charge on any atom is -0.292 e. The highest BCUT2D eigenvalue weighted by Crippen LogP contribution is 2.45. The Bertz CT molecular complexity index is 1130. The van der Waals surface area contributed by atoms with E-state index in [0.717, 1.165) is 34.8 Å². The van der Waals surface area contributed by atoms with Crippen LogP contribution in [0.4, 0.5) is 5.69 Å². The minimum atomic E-state index is -0.504. The lowest BCUT2D eigenvalue weighted by molar-refractivity contribution is 0.504. The number of rotatable bonds is 3. The highest BCUT2D eigenvalue weighted by atomic mass is 15.6. The maximum Gasteiger partial charge on any atom is 0.124 e. The highest BCUT2D eigenvalue weighted by Gasteiger charge is 2.51. The average Bonchev–Trinajstić information content (AvgIpc) is 3.17. The summed E-state index contributed by atoms with van der Waals surface area (Å²) in [5.74, 6) is 0.296. The monoisotopic (exact) mass is 392 g/mol. The number of hydrogen-bond acceptors (Lipinski definition) is 4. The Hall–Kier alpha value is -3.42. The van der Waals surface area contributed by atoms with Gasteiger partial charge < -0.3 is 0 Å². The summed E-state index contributed by atoms with van der Waals surface area (Å²) in [7, 11) is 0. The quantitative estimate of drug-likeness (QED) is 0.825. The number of nitrogens with zero attached hydrogens (tertiary/aromatic N) is 3. The van der Waals surface area contributed by atoms with Gasteiger partial charge in [-0.2, -0.15) is 5.26 Å². The third kappa shape index (κ3) is 2.74. The molecule has 4 nitrogen and oxygen atoms in total. The Morgan fingerprint density at radius 2 is 1.90 bits per heavy atom. The van der Waals surface area contributed by atoms with Gasteiger partial charge in [0.25, 0.3) is 0 Å². The number of hydrogen-bond donors (Lipinski definition) is 1. The highest BCUT2D eigenvalue weighted by molar-refractivity contribution is 6.10. The fourth-order valence-corrected chi connectivity index (χ4v) is 4.53. The molecule has 1 spiro atoms. The number of aliphatic imine (C=N–C) groups is 1. The lowest BCUT2D eigenvalue weighted by Crippen LogP contribution is -2.52. The SMILES string of the molecule is CC(C)(C#N)c1ccc(N2NCC3C=CC=C4N=C(c5ccccc5)C=CC432)cc1. The van der Waals surface area contributed by atoms with Crippen LogP contribution in [0.5, 0.6) is 0 Å². The largest absolute Gasteiger partial charge is 0.292 e. The van der Waals surface area contributed by atoms with Crippen molar-refractivity contribution in [2.24, 2.45) is 10.9 Å². The van der Waals surface area contributed by atoms with Crippen LogP contribution in [0.2, 0.25) is 0 Å². The maximum absolute atomic E-state index is 9.44. The molecule has 1 N–H and O–H groups in total. The number of dihydropyridines is 1. The van der Waals surface area contributed by atoms with E-state index in [9.17, 15) is 5.26 Å². The van der Waals surface area contributed by atoms with Crippen LogP contribution in [-0.2, 0) is 5.41 Å². The van der Waals surface area contributed by atoms with E-state index in [1.165, 1.54) is 0 Å². The number of benzene rings is 2. The van der Waals surface area contributed by atoms with Crippen molar-refractivity contribution < 1.29 is 0 Å². The fourth-order valence-electron chi connectivity index (χ4n) is 4.53. The fraction of sp³-hybridized carbons (Fsp3) is 0.231. The molecule has 148 valence electrons. The van der Waals surface area contributed by atoms with Gasteiger partial charge in [-0.1, -0.05) is 54.6 Å². The molecule has 30 heavy (non-hydrogen) atoms. The molecule has 4 heteroatoms. The van der Waals surface area contributed by atoms with Crippen molar-refractivity contribution in [3.05, 3.63) is 102 Å². The van der Waals surface area contributed by atoms with Gasteiger partial charge in [0.15, 0.2) is 0 Å². The Labute approximate surface area is 177 Å². The van der Waals surface area contributed by atoms with Gasteiger partial charge in [0.05, 0.1) is 28.6 Å². The first kappa shape index (κ1) is 18.6. The topological polar surface area (TPSA) is 51.4 Å². The molecule has 0 bridgehead atoms. The van der Waals surface area contributed by atoms with E-state index in [0.29, 0.717) is 5.92 Å². The molecule has 1 aliphatic carbocycles. The van der Waals surface area contributed by atoms with E-state index in [1.54, 1.807) is 0 Å². The van der Waals surface area contributed by atoms with Crippen LogP contribution in [-0.4, -0.2) is 17.8 Å². The minimum absolute atomic E-state index is 0.296. The van der Waals surface area contributed by atoms with Crippen molar-refractivity contribution in [3.63, 3.8) is 0 Å². The van der Waals surface area contributed by atoms with Gasteiger partial charge in [-0.25, -0.2) is 10.4 Å². The zero-order valence-corrected chi connectivity index (χ0v) is 17.2. The molecule has 2 heterocycles. The lowest BCUT2D eigenvalue weighted by Gasteiger charge is -2.42. The Morgan fingerprint density at radius 3 is 2.63 bits per heavy atom. The Kier molecular flexibility index (Phi) is 4.23. The van der Waals surface area contributed by atoms with Gasteiger partial charge in [-0.05, 0) is 49.8 Å². The molecule has 0 amide bonds. The first-order chi connectivity index (χ1) is 14.5. The second-order valence-corrected chi connectivity index (χ2v) is 8.55. The van der Waals surface area contributed by atoms with E-state index in [-0.39, 0.29) is 5.54 Å². The average molecular weight is 393 g/mol. The molecule has 0 saturated carbocycles. The van der Waals surface area contributed by atoms with Gasteiger partial charge >= 0.3 is 0 Å². The summed E-state index contributed by atoms with van der Waals surface area (Å²) in [6, 6.07) is 21.0. The summed E-state index contributed by atoms with van der Waals surface area (Å²) in [6.45, 7) is 4.74. The third-order valence-electron chi connectivity index (χ3n) is 6.34. The molecule has 5 rings (SSSR count). The van der Waals surface area contributed by atoms with E-state index in [1.807, 2.05) is 32.0 Å². The second-order valence-electron chi connectivity index (χ2n) is 8.55. The van der Waals surface area contributed by atoms with E-state index < -0.39 is 5.41 Å². The maximum atomic E-state index is 9.44. The molecule has 1 fully saturated rings. The molecule has 0 aromatic heterocycles. The predicted molar refractivity (Wildman–Crippen MR) is 121 cm³/mol. The van der Waals surface area contributed by atoms with E-state index >= 15 is 0 Å². The Balaban J connectivity index is 1.54. The number of hydrazine groups is 1. The van der Waals surface area contributed by atoms with E-state index in [4.69, 9.17) is 4.99 Å². The van der Waals surface area contributed by atoms with Crippen molar-refractivity contribution in [1.82, 2.24) is 5.43 Å². The van der Waals surface area contributed by atoms with Gasteiger partial charge in [-0.3, -0.25) is 5.01 Å². The van der Waals surface area contributed by atoms with Crippen molar-refractivity contribution in [1.29, 1.82) is 5.26 Å². The van der Waals surface area contributed by atoms with Crippen LogP contribution < -0.4 is 10.4 Å². The molecule has 2 atom stereocenters. The lowest BCUT2D eigenvalue weighted by atomic mass is 9.76. The van der Waals surface area contributed by atoms with Gasteiger partial charge in [-0.15, -0.1) is 0 Å². The second kappa shape index (κ2) is 6.83. The summed E-state index contributed by atoms with van der Waals surface area (Å²) in [5.41, 5.74) is 7.97. The Morgan fingerprint density at radius 1 is 1.13 bits per heavy atom. The van der Waals surface area contributed by atoms with Crippen molar-refractivity contribution in [2.75, 3.05) is 11.6 Å². The van der Waals surface area contributed by atoms with Crippen LogP contribution in [0.3, 0.4) is 0 Å². The molecule has 3 aliphatic rings. The van der Waals surface area contributed by atoms with Crippen molar-refractivity contribution in [3.8, 4) is 6.07 Å². The van der Waals surface area contributed by atoms with Gasteiger partial charge in [0.1, 0.15) is 5.54 Å². The standard InChI is InChI=1S/C26H24N4/c1-25(2,18-27)20-11-13-22(14-12-20)30-26-16-15-23(19-7-4-3-5-8-19)29-24(26)10-6-9-21(26)17-28-30/h3-16,21,28H,17H2,1-2H3. The summed E-state index contributed by atoms with van der Waals surface area (Å²) < 4.78 is 0. The summed E-state index contributed by atoms with van der Waals surface area (Å²) in [5, 5.41) is 11.7. The van der Waals surface area contributed by atoms with Gasteiger partial charge in [0.2, 0.25) is 0 Å². The third-order valence-corrected chi connectivity index (χ3v) is 6.34. The molecule has 2 aromatic carbocycles. The molecule has 2 unspecified atom stereocenters. The number of nitrogens with one attached hydrogen (secondary N) is 1. The number of allylic oxidation sites excluding steroid dienone is 3. The van der Waals surface area contributed by atoms with Crippen LogP contribution in [0.1, 0.15) is 25.0 Å². The molecular formula is C26H24N4. The molecule has 2 aliphatic heterocycles. The van der Waals surface area contributed by atoms with Gasteiger partial charge in [0, 0.05) is 18.0 Å². The van der Waals surface area contributed by atoms with Crippen LogP contribution in [0.15, 0.2) is 95.7 Å². The van der Waals surface area contributed by atoms with E-state index in [2.05, 4.69) is 83.3 Å². The normalized spacial score (nSPS) is 24.6. The molecular weight excluding hydrogens is 368 g/mol. The van der Waals surface area contributed by atoms with Crippen LogP contribution in [0, 0.1) is 17.2 Å². The number of anilines is 1.